The standard InChI is InChI=1S/C33H28ClF4N11O/c34-25-5-7-27(49-20-41-44-45-49)31(32(25)35)22-4-6-26(40-16-22)28(19-47-24(9-11-42-47)15-30(50)46-12-2-1-3-13-46)48-18-23(17-43-48)21-8-10-39-29(14-21)33(36,37)38/h4-11,14,16-18,20,28H,1-3,12-13,15,19H2/p+1. The average Bonchev–Trinajstić information content (AvgIpc) is 3.92. The van der Waals surface area contributed by atoms with Crippen LogP contribution in [0.15, 0.2) is 79.8 Å². The fourth-order valence-electron chi connectivity index (χ4n) is 6.04. The van der Waals surface area contributed by atoms with Crippen molar-refractivity contribution in [2.75, 3.05) is 13.1 Å². The van der Waals surface area contributed by atoms with E-state index < -0.39 is 23.7 Å². The van der Waals surface area contributed by atoms with Crippen molar-refractivity contribution in [1.82, 2.24) is 50.0 Å². The van der Waals surface area contributed by atoms with E-state index in [0.717, 1.165) is 44.6 Å². The number of halogens is 5. The summed E-state index contributed by atoms with van der Waals surface area (Å²) >= 11 is 6.17. The van der Waals surface area contributed by atoms with Gasteiger partial charge in [-0.3, -0.25) is 24.1 Å². The summed E-state index contributed by atoms with van der Waals surface area (Å²) in [5.41, 5.74) is 1.84. The molecule has 7 rings (SSSR count). The Hall–Kier alpha value is -5.51. The number of pyridine rings is 2. The minimum absolute atomic E-state index is 0.00898. The van der Waals surface area contributed by atoms with Gasteiger partial charge < -0.3 is 4.90 Å². The number of hydrogen-bond donors (Lipinski definition) is 1. The molecule has 12 nitrogen and oxygen atoms in total. The molecule has 1 aliphatic heterocycles. The predicted octanol–water partition coefficient (Wildman–Crippen LogP) is 5.25. The minimum Gasteiger partial charge on any atom is -0.342 e. The number of tetrazole rings is 1. The lowest BCUT2D eigenvalue weighted by molar-refractivity contribution is -0.659. The average molecular weight is 707 g/mol. The monoisotopic (exact) mass is 706 g/mol. The number of alkyl halides is 3. The van der Waals surface area contributed by atoms with E-state index in [4.69, 9.17) is 16.6 Å². The number of likely N-dealkylation sites (tertiary alicyclic amines) is 1. The Kier molecular flexibility index (Phi) is 9.10. The molecule has 0 saturated carbocycles. The van der Waals surface area contributed by atoms with Crippen LogP contribution in [0.25, 0.3) is 27.9 Å². The molecule has 17 heteroatoms. The van der Waals surface area contributed by atoms with Gasteiger partial charge in [-0.25, -0.2) is 4.39 Å². The topological polar surface area (TPSA) is 127 Å². The fraction of sp³-hybridized carbons (Fsp3) is 0.273. The lowest BCUT2D eigenvalue weighted by Gasteiger charge is -2.27. The molecule has 6 aromatic rings. The van der Waals surface area contributed by atoms with Gasteiger partial charge in [-0.05, 0) is 61.2 Å². The maximum atomic E-state index is 15.5. The molecule has 0 spiro atoms. The van der Waals surface area contributed by atoms with E-state index >= 15 is 4.39 Å². The Morgan fingerprint density at radius 2 is 1.80 bits per heavy atom. The summed E-state index contributed by atoms with van der Waals surface area (Å²) in [5, 5.41) is 19.1. The number of piperidine rings is 1. The number of hydrogen-bond acceptors (Lipinski definition) is 7. The molecule has 256 valence electrons. The smallest absolute Gasteiger partial charge is 0.342 e. The molecule has 1 atom stereocenters. The Balaban J connectivity index is 1.25. The van der Waals surface area contributed by atoms with Crippen molar-refractivity contribution in [2.45, 2.75) is 44.4 Å². The molecule has 1 aliphatic rings. The molecule has 1 unspecified atom stereocenters. The van der Waals surface area contributed by atoms with Gasteiger partial charge in [0.25, 0.3) is 6.33 Å². The highest BCUT2D eigenvalue weighted by Crippen LogP contribution is 2.33. The number of aromatic amines is 1. The number of benzene rings is 1. The summed E-state index contributed by atoms with van der Waals surface area (Å²) < 4.78 is 60.5. The molecule has 1 aromatic carbocycles. The first-order valence-corrected chi connectivity index (χ1v) is 16.1. The number of rotatable bonds is 9. The van der Waals surface area contributed by atoms with Crippen LogP contribution in [0.4, 0.5) is 17.6 Å². The van der Waals surface area contributed by atoms with Crippen molar-refractivity contribution < 1.29 is 27.0 Å². The van der Waals surface area contributed by atoms with Crippen LogP contribution in [0, 0.1) is 5.82 Å². The van der Waals surface area contributed by atoms with Gasteiger partial charge in [0.2, 0.25) is 5.91 Å². The number of aromatic nitrogens is 10. The van der Waals surface area contributed by atoms with Gasteiger partial charge in [-0.2, -0.15) is 23.4 Å². The van der Waals surface area contributed by atoms with E-state index in [9.17, 15) is 18.0 Å². The maximum Gasteiger partial charge on any atom is 0.433 e. The van der Waals surface area contributed by atoms with Crippen molar-refractivity contribution in [1.29, 1.82) is 0 Å². The summed E-state index contributed by atoms with van der Waals surface area (Å²) in [6.45, 7) is 1.62. The predicted molar refractivity (Wildman–Crippen MR) is 171 cm³/mol. The first kappa shape index (κ1) is 33.0. The van der Waals surface area contributed by atoms with Crippen LogP contribution < -0.4 is 4.68 Å². The van der Waals surface area contributed by atoms with Crippen molar-refractivity contribution >= 4 is 17.5 Å². The van der Waals surface area contributed by atoms with E-state index in [1.54, 1.807) is 46.0 Å². The Morgan fingerprint density at radius 3 is 2.54 bits per heavy atom. The first-order chi connectivity index (χ1) is 24.2. The lowest BCUT2D eigenvalue weighted by Crippen LogP contribution is -2.37. The molecule has 0 bridgehead atoms. The first-order valence-electron chi connectivity index (χ1n) is 15.7. The summed E-state index contributed by atoms with van der Waals surface area (Å²) in [7, 11) is 0. The molecule has 5 aromatic heterocycles. The third kappa shape index (κ3) is 6.83. The minimum atomic E-state index is -4.61. The van der Waals surface area contributed by atoms with Gasteiger partial charge >= 0.3 is 6.18 Å². The summed E-state index contributed by atoms with van der Waals surface area (Å²) in [5.74, 6) is -0.654. The highest BCUT2D eigenvalue weighted by atomic mass is 35.5. The molecule has 6 heterocycles. The van der Waals surface area contributed by atoms with Gasteiger partial charge in [-0.15, -0.1) is 4.68 Å². The molecule has 1 N–H and O–H groups in total. The number of amides is 1. The van der Waals surface area contributed by atoms with Crippen LogP contribution in [0.1, 0.15) is 42.4 Å². The Labute approximate surface area is 287 Å². The number of nitrogens with one attached hydrogen (secondary N) is 1. The van der Waals surface area contributed by atoms with Crippen molar-refractivity contribution in [3.63, 3.8) is 0 Å². The molecular formula is C33H29ClF4N11O+. The highest BCUT2D eigenvalue weighted by molar-refractivity contribution is 6.31. The van der Waals surface area contributed by atoms with E-state index in [1.165, 1.54) is 35.5 Å². The third-order valence-corrected chi connectivity index (χ3v) is 8.91. The summed E-state index contributed by atoms with van der Waals surface area (Å²) in [6, 6.07) is 10.0. The zero-order valence-electron chi connectivity index (χ0n) is 26.3. The quantitative estimate of drug-likeness (QED) is 0.161. The van der Waals surface area contributed by atoms with E-state index in [0.29, 0.717) is 28.2 Å². The second-order valence-electron chi connectivity index (χ2n) is 11.8. The molecule has 0 radical (unpaired) electrons. The molecule has 50 heavy (non-hydrogen) atoms. The molecule has 0 aliphatic carbocycles. The normalized spacial score (nSPS) is 14.2. The van der Waals surface area contributed by atoms with Crippen LogP contribution in [-0.4, -0.2) is 69.0 Å². The van der Waals surface area contributed by atoms with Gasteiger partial charge in [0, 0.05) is 54.7 Å². The van der Waals surface area contributed by atoms with Crippen molar-refractivity contribution in [2.24, 2.45) is 0 Å². The molecule has 1 saturated heterocycles. The van der Waals surface area contributed by atoms with Crippen molar-refractivity contribution in [3.8, 4) is 27.9 Å². The maximum absolute atomic E-state index is 15.5. The van der Waals surface area contributed by atoms with Crippen LogP contribution >= 0.6 is 11.6 Å². The molecule has 1 fully saturated rings. The van der Waals surface area contributed by atoms with Gasteiger partial charge in [-0.1, -0.05) is 22.9 Å². The van der Waals surface area contributed by atoms with Crippen LogP contribution in [0.3, 0.4) is 0 Å². The second-order valence-corrected chi connectivity index (χ2v) is 12.2. The number of carbonyl (C=O) groups excluding carboxylic acids is 1. The zero-order valence-corrected chi connectivity index (χ0v) is 27.1. The number of nitrogens with zero attached hydrogens (tertiary/aromatic N) is 10. The van der Waals surface area contributed by atoms with Crippen LogP contribution in [0.2, 0.25) is 5.02 Å². The van der Waals surface area contributed by atoms with E-state index in [1.807, 2.05) is 4.90 Å². The summed E-state index contributed by atoms with van der Waals surface area (Å²) in [4.78, 5) is 23.2. The highest BCUT2D eigenvalue weighted by Gasteiger charge is 2.33. The molecular weight excluding hydrogens is 678 g/mol. The van der Waals surface area contributed by atoms with Crippen LogP contribution in [-0.2, 0) is 23.9 Å². The van der Waals surface area contributed by atoms with Crippen molar-refractivity contribution in [3.05, 3.63) is 108 Å². The lowest BCUT2D eigenvalue weighted by atomic mass is 10.0. The van der Waals surface area contributed by atoms with E-state index in [2.05, 4.69) is 30.7 Å². The molecule has 1 amide bonds. The zero-order chi connectivity index (χ0) is 34.8. The fourth-order valence-corrected chi connectivity index (χ4v) is 6.20. The van der Waals surface area contributed by atoms with Crippen LogP contribution in [0.5, 0.6) is 0 Å². The van der Waals surface area contributed by atoms with Gasteiger partial charge in [0.15, 0.2) is 11.0 Å². The summed E-state index contributed by atoms with van der Waals surface area (Å²) in [6.07, 6.45) is 7.25. The van der Waals surface area contributed by atoms with Gasteiger partial charge in [0.1, 0.15) is 22.5 Å². The van der Waals surface area contributed by atoms with Gasteiger partial charge in [0.05, 0.1) is 35.4 Å². The Bertz CT molecular complexity index is 2110. The number of carbonyl (C=O) groups is 1. The number of H-pyrrole nitrogens is 1. The largest absolute Gasteiger partial charge is 0.433 e. The van der Waals surface area contributed by atoms with E-state index in [-0.39, 0.29) is 35.0 Å². The SMILES string of the molecule is O=C(Cc1ccnn1CC(c1ccc(-c2c(-[n+]3cnn[nH]3)ccc(Cl)c2F)cn1)n1cc(-c2ccnc(C(F)(F)F)c2)cn1)N1CCCCC1. The Morgan fingerprint density at radius 1 is 0.960 bits per heavy atom. The third-order valence-electron chi connectivity index (χ3n) is 8.62. The second kappa shape index (κ2) is 13.8.